The van der Waals surface area contributed by atoms with E-state index in [1.165, 1.54) is 150 Å². The third-order valence-corrected chi connectivity index (χ3v) is 15.0. The summed E-state index contributed by atoms with van der Waals surface area (Å²) in [7, 11) is 4.25. The molecule has 97 heavy (non-hydrogen) atoms. The first kappa shape index (κ1) is 69.3. The summed E-state index contributed by atoms with van der Waals surface area (Å²) in [6.07, 6.45) is -2.28. The number of alkyl halides is 9. The van der Waals surface area contributed by atoms with Crippen molar-refractivity contribution in [1.29, 1.82) is 0 Å². The van der Waals surface area contributed by atoms with Gasteiger partial charge < -0.3 is 31.4 Å². The number of aromatic nitrogens is 6. The van der Waals surface area contributed by atoms with Gasteiger partial charge in [-0.3, -0.25) is 29.1 Å². The van der Waals surface area contributed by atoms with Crippen molar-refractivity contribution in [3.63, 3.8) is 0 Å². The molecule has 3 amide bonds. The van der Waals surface area contributed by atoms with Crippen LogP contribution in [0.15, 0.2) is 199 Å². The average Bonchev–Trinajstić information content (AvgIpc) is 1.65. The number of rotatable bonds is 12. The predicted octanol–water partition coefficient (Wildman–Crippen LogP) is 9.25. The molecule has 21 nitrogen and oxygen atoms in total. The molecular formula is C63H45BF12N15O6. The standard InChI is InChI=1S/3C21H15F4N5O2.B/c3*1-30-18(31)20(29-19(30)26,13-2-5-15(6-3-13)32-21(23,24)25)14-4-7-17(22)16(8-14)12-9-27-11-28-10-12;/h3*2-11H,1H3,(H2,26,29);/t2*20-;;/m10../s1. The van der Waals surface area contributed by atoms with Gasteiger partial charge >= 0.3 is 19.1 Å². The molecule has 6 aromatic carbocycles. The van der Waals surface area contributed by atoms with Crippen LogP contribution in [0.25, 0.3) is 33.4 Å². The van der Waals surface area contributed by atoms with E-state index < -0.39 is 88.1 Å². The highest BCUT2D eigenvalue weighted by Gasteiger charge is 2.53. The Bertz CT molecular complexity index is 4060. The second kappa shape index (κ2) is 26.8. The maximum absolute atomic E-state index is 14.6. The maximum Gasteiger partial charge on any atom is 0.573 e. The number of guanidine groups is 3. The number of carbonyl (C=O) groups is 3. The van der Waals surface area contributed by atoms with E-state index in [-0.39, 0.29) is 76.4 Å². The van der Waals surface area contributed by atoms with E-state index in [1.807, 2.05) is 0 Å². The Balaban J connectivity index is 0.000000170. The van der Waals surface area contributed by atoms with Crippen molar-refractivity contribution < 1.29 is 81.3 Å². The SMILES string of the molecule is CN1C(=O)C(c2ccc(OC(F)(F)F)cc2)(c2ccc(F)c(-c3cncnc3)c2)N=C1N.CN1C(=O)[C@@](c2ccc(OC(F)(F)F)cc2)(c2ccc(F)c(-c3cncnc3)c2)N=C1N.CN1C(=O)[C@](c2ccc(OC(F)(F)F)cc2)(c2ccc(F)c(-c3cncnc3)c2)N=C1N.[B]. The number of halogens is 12. The molecule has 1 unspecified atom stereocenters. The van der Waals surface area contributed by atoms with Crippen LogP contribution in [0, 0.1) is 17.5 Å². The monoisotopic (exact) mass is 1350 g/mol. The van der Waals surface area contributed by atoms with Gasteiger partial charge in [0.2, 0.25) is 0 Å². The summed E-state index contributed by atoms with van der Waals surface area (Å²) in [5, 5.41) is 0. The zero-order chi connectivity index (χ0) is 69.3. The molecule has 3 aliphatic rings. The van der Waals surface area contributed by atoms with Gasteiger partial charge in [-0.1, -0.05) is 54.6 Å². The quantitative estimate of drug-likeness (QED) is 0.0759. The molecule has 0 saturated carbocycles. The number of ether oxygens (including phenoxy) is 3. The number of nitrogens with two attached hydrogens (primary N) is 3. The molecule has 6 heterocycles. The Labute approximate surface area is 542 Å². The minimum absolute atomic E-state index is 0. The molecular weight excluding hydrogens is 1300 g/mol. The molecule has 0 aliphatic carbocycles. The summed E-state index contributed by atoms with van der Waals surface area (Å²) in [6.45, 7) is 0. The first-order chi connectivity index (χ1) is 45.3. The number of nitrogens with zero attached hydrogens (tertiary/aromatic N) is 12. The lowest BCUT2D eigenvalue weighted by Crippen LogP contribution is -2.41. The Morgan fingerprint density at radius 1 is 0.351 bits per heavy atom. The van der Waals surface area contributed by atoms with Gasteiger partial charge in [-0.15, -0.1) is 39.5 Å². The van der Waals surface area contributed by atoms with Gasteiger partial charge in [0.15, 0.2) is 34.5 Å². The third-order valence-electron chi connectivity index (χ3n) is 15.0. The van der Waals surface area contributed by atoms with Gasteiger partial charge in [-0.25, -0.2) is 58.1 Å². The van der Waals surface area contributed by atoms with Crippen molar-refractivity contribution in [2.75, 3.05) is 21.1 Å². The molecule has 3 aromatic heterocycles. The van der Waals surface area contributed by atoms with Gasteiger partial charge in [0.1, 0.15) is 53.7 Å². The first-order valence-electron chi connectivity index (χ1n) is 27.5. The Morgan fingerprint density at radius 2 is 0.557 bits per heavy atom. The fourth-order valence-electron chi connectivity index (χ4n) is 10.5. The summed E-state index contributed by atoms with van der Waals surface area (Å²) < 4.78 is 168. The summed E-state index contributed by atoms with van der Waals surface area (Å²) in [4.78, 5) is 79.5. The van der Waals surface area contributed by atoms with E-state index >= 15 is 0 Å². The molecule has 3 atom stereocenters. The first-order valence-corrected chi connectivity index (χ1v) is 27.5. The summed E-state index contributed by atoms with van der Waals surface area (Å²) >= 11 is 0. The van der Waals surface area contributed by atoms with Crippen molar-refractivity contribution in [2.24, 2.45) is 32.2 Å². The van der Waals surface area contributed by atoms with Crippen LogP contribution in [0.4, 0.5) is 52.7 Å². The van der Waals surface area contributed by atoms with Crippen LogP contribution in [-0.4, -0.2) is 129 Å². The molecule has 9 aromatic rings. The maximum atomic E-state index is 14.6. The van der Waals surface area contributed by atoms with E-state index in [4.69, 9.17) is 17.2 Å². The van der Waals surface area contributed by atoms with Crippen molar-refractivity contribution in [3.05, 3.63) is 234 Å². The lowest BCUT2D eigenvalue weighted by atomic mass is 9.81. The highest BCUT2D eigenvalue weighted by molar-refractivity contribution is 6.11. The molecule has 3 radical (unpaired) electrons. The number of carbonyl (C=O) groups excluding carboxylic acids is 3. The van der Waals surface area contributed by atoms with Crippen LogP contribution >= 0.6 is 0 Å². The van der Waals surface area contributed by atoms with E-state index in [1.54, 1.807) is 0 Å². The lowest BCUT2D eigenvalue weighted by Gasteiger charge is -2.27. The molecule has 6 N–H and O–H groups in total. The highest BCUT2D eigenvalue weighted by Crippen LogP contribution is 2.46. The molecule has 0 saturated heterocycles. The van der Waals surface area contributed by atoms with E-state index in [0.29, 0.717) is 16.7 Å². The van der Waals surface area contributed by atoms with Crippen LogP contribution in [0.2, 0.25) is 0 Å². The number of hydrogen-bond donors (Lipinski definition) is 3. The fraction of sp³-hybridized carbons (Fsp3) is 0.143. The van der Waals surface area contributed by atoms with E-state index in [0.717, 1.165) is 69.3 Å². The van der Waals surface area contributed by atoms with Gasteiger partial charge in [0.05, 0.1) is 0 Å². The van der Waals surface area contributed by atoms with Crippen LogP contribution in [-0.2, 0) is 31.0 Å². The topological polar surface area (TPSA) is 281 Å². The van der Waals surface area contributed by atoms with E-state index in [9.17, 15) is 67.1 Å². The number of likely N-dealkylation sites (N-methyl/N-ethyl adjacent to an activating group) is 3. The van der Waals surface area contributed by atoms with Crippen LogP contribution in [0.5, 0.6) is 17.2 Å². The Kier molecular flexibility index (Phi) is 19.1. The third kappa shape index (κ3) is 14.0. The van der Waals surface area contributed by atoms with Crippen molar-refractivity contribution >= 4 is 44.0 Å². The largest absolute Gasteiger partial charge is 0.573 e. The molecule has 0 fully saturated rings. The smallest absolute Gasteiger partial charge is 0.406 e. The molecule has 12 rings (SSSR count). The molecule has 3 aliphatic heterocycles. The molecule has 34 heteroatoms. The summed E-state index contributed by atoms with van der Waals surface area (Å²) in [5.41, 5.74) is 15.4. The minimum Gasteiger partial charge on any atom is -0.406 e. The molecule has 495 valence electrons. The summed E-state index contributed by atoms with van der Waals surface area (Å²) in [5.74, 6) is -5.09. The molecule has 0 bridgehead atoms. The zero-order valence-electron chi connectivity index (χ0n) is 50.0. The zero-order valence-corrected chi connectivity index (χ0v) is 50.0. The number of hydrogen-bond acceptors (Lipinski definition) is 18. The summed E-state index contributed by atoms with van der Waals surface area (Å²) in [6, 6.07) is 26.0. The predicted molar refractivity (Wildman–Crippen MR) is 323 cm³/mol. The van der Waals surface area contributed by atoms with Gasteiger partial charge in [-0.05, 0) is 106 Å². The van der Waals surface area contributed by atoms with Crippen LogP contribution < -0.4 is 31.4 Å². The van der Waals surface area contributed by atoms with Crippen LogP contribution in [0.3, 0.4) is 0 Å². The normalized spacial score (nSPS) is 18.4. The van der Waals surface area contributed by atoms with Crippen molar-refractivity contribution in [2.45, 2.75) is 35.7 Å². The molecule has 0 spiro atoms. The minimum atomic E-state index is -4.87. The van der Waals surface area contributed by atoms with Gasteiger partial charge in [-0.2, -0.15) is 0 Å². The van der Waals surface area contributed by atoms with Crippen molar-refractivity contribution in [3.8, 4) is 50.6 Å². The number of amides is 3. The lowest BCUT2D eigenvalue weighted by molar-refractivity contribution is -0.275. The highest BCUT2D eigenvalue weighted by atomic mass is 19.4. The van der Waals surface area contributed by atoms with Crippen molar-refractivity contribution in [1.82, 2.24) is 44.6 Å². The fourth-order valence-corrected chi connectivity index (χ4v) is 10.5. The van der Waals surface area contributed by atoms with Gasteiger partial charge in [0, 0.05) is 100 Å². The Hall–Kier alpha value is -12.0. The number of aliphatic imine (C=N–C) groups is 3. The average molecular weight is 1350 g/mol. The Morgan fingerprint density at radius 3 is 0.742 bits per heavy atom. The van der Waals surface area contributed by atoms with E-state index in [2.05, 4.69) is 59.1 Å². The van der Waals surface area contributed by atoms with Crippen LogP contribution in [0.1, 0.15) is 33.4 Å². The second-order valence-electron chi connectivity index (χ2n) is 20.8. The second-order valence-corrected chi connectivity index (χ2v) is 20.8. The number of benzene rings is 6. The van der Waals surface area contributed by atoms with Gasteiger partial charge in [0.25, 0.3) is 17.7 Å².